The van der Waals surface area contributed by atoms with Crippen LogP contribution in [0.4, 0.5) is 5.82 Å². The average Bonchev–Trinajstić information content (AvgIpc) is 2.54. The number of nitrogen functional groups attached to an aromatic ring is 1. The van der Waals surface area contributed by atoms with Gasteiger partial charge >= 0.3 is 0 Å². The predicted octanol–water partition coefficient (Wildman–Crippen LogP) is 1.95. The molecule has 1 aliphatic rings. The van der Waals surface area contributed by atoms with Crippen molar-refractivity contribution in [1.29, 1.82) is 10.5 Å². The van der Waals surface area contributed by atoms with E-state index in [-0.39, 0.29) is 34.6 Å². The molecule has 0 radical (unpaired) electrons. The zero-order chi connectivity index (χ0) is 15.9. The fourth-order valence-corrected chi connectivity index (χ4v) is 3.21. The third-order valence-corrected chi connectivity index (χ3v) is 4.56. The van der Waals surface area contributed by atoms with Crippen LogP contribution >= 0.6 is 11.8 Å². The maximum absolute atomic E-state index is 12.0. The van der Waals surface area contributed by atoms with Crippen molar-refractivity contribution < 1.29 is 4.79 Å². The van der Waals surface area contributed by atoms with Gasteiger partial charge in [-0.15, -0.1) is 0 Å². The fraction of sp³-hybridized carbons (Fsp3) is 0.467. The summed E-state index contributed by atoms with van der Waals surface area (Å²) < 4.78 is 0. The second kappa shape index (κ2) is 7.67. The fourth-order valence-electron chi connectivity index (χ4n) is 2.44. The normalized spacial score (nSPS) is 14.8. The Morgan fingerprint density at radius 1 is 1.32 bits per heavy atom. The van der Waals surface area contributed by atoms with E-state index in [0.29, 0.717) is 5.03 Å². The van der Waals surface area contributed by atoms with Crippen molar-refractivity contribution in [3.8, 4) is 12.1 Å². The third kappa shape index (κ3) is 4.12. The molecule has 1 aromatic rings. The minimum atomic E-state index is -0.0643. The Kier molecular flexibility index (Phi) is 5.62. The van der Waals surface area contributed by atoms with Crippen molar-refractivity contribution in [1.82, 2.24) is 10.3 Å². The molecule has 0 spiro atoms. The number of amides is 1. The molecule has 0 unspecified atom stereocenters. The van der Waals surface area contributed by atoms with E-state index in [9.17, 15) is 4.79 Å². The van der Waals surface area contributed by atoms with Crippen LogP contribution in [0.15, 0.2) is 11.1 Å². The molecule has 0 bridgehead atoms. The van der Waals surface area contributed by atoms with Gasteiger partial charge in [0.2, 0.25) is 5.91 Å². The summed E-state index contributed by atoms with van der Waals surface area (Å²) in [5, 5.41) is 21.4. The van der Waals surface area contributed by atoms with Gasteiger partial charge in [-0.3, -0.25) is 4.79 Å². The molecule has 2 rings (SSSR count). The molecule has 6 nitrogen and oxygen atoms in total. The lowest BCUT2D eigenvalue weighted by molar-refractivity contribution is -0.119. The Balaban J connectivity index is 1.96. The van der Waals surface area contributed by atoms with Gasteiger partial charge in [-0.05, 0) is 18.9 Å². The molecular formula is C15H17N5OS. The molecule has 1 aromatic heterocycles. The molecule has 1 fully saturated rings. The van der Waals surface area contributed by atoms with Crippen molar-refractivity contribution in [3.05, 3.63) is 17.2 Å². The lowest BCUT2D eigenvalue weighted by atomic mass is 9.95. The molecule has 1 heterocycles. The van der Waals surface area contributed by atoms with Gasteiger partial charge in [0, 0.05) is 6.04 Å². The first kappa shape index (κ1) is 16.1. The van der Waals surface area contributed by atoms with E-state index in [1.54, 1.807) is 0 Å². The minimum absolute atomic E-state index is 0.0643. The zero-order valence-corrected chi connectivity index (χ0v) is 12.9. The molecule has 0 aromatic carbocycles. The number of rotatable bonds is 4. The molecule has 0 atom stereocenters. The van der Waals surface area contributed by atoms with E-state index in [1.807, 2.05) is 12.1 Å². The number of carbonyl (C=O) groups is 1. The van der Waals surface area contributed by atoms with Gasteiger partial charge in [-0.1, -0.05) is 31.0 Å². The van der Waals surface area contributed by atoms with Gasteiger partial charge in [0.05, 0.1) is 16.9 Å². The Bertz CT molecular complexity index is 641. The van der Waals surface area contributed by atoms with Crippen molar-refractivity contribution >= 4 is 23.5 Å². The van der Waals surface area contributed by atoms with Crippen LogP contribution in [0.2, 0.25) is 0 Å². The molecule has 3 N–H and O–H groups in total. The number of pyridine rings is 1. The Morgan fingerprint density at radius 3 is 2.64 bits per heavy atom. The number of nitrogens with one attached hydrogen (secondary N) is 1. The predicted molar refractivity (Wildman–Crippen MR) is 83.8 cm³/mol. The van der Waals surface area contributed by atoms with Crippen molar-refractivity contribution in [2.45, 2.75) is 43.2 Å². The minimum Gasteiger partial charge on any atom is -0.383 e. The van der Waals surface area contributed by atoms with Crippen molar-refractivity contribution in [2.24, 2.45) is 0 Å². The van der Waals surface area contributed by atoms with Crippen LogP contribution in [-0.2, 0) is 4.79 Å². The highest BCUT2D eigenvalue weighted by Crippen LogP contribution is 2.24. The number of nitrogens with two attached hydrogens (primary N) is 1. The molecule has 1 amide bonds. The molecular weight excluding hydrogens is 298 g/mol. The number of hydrogen-bond acceptors (Lipinski definition) is 6. The first-order valence-corrected chi connectivity index (χ1v) is 8.15. The van der Waals surface area contributed by atoms with Crippen LogP contribution in [0.1, 0.15) is 43.2 Å². The Morgan fingerprint density at radius 2 is 2.00 bits per heavy atom. The number of nitriles is 2. The van der Waals surface area contributed by atoms with E-state index in [1.165, 1.54) is 24.2 Å². The van der Waals surface area contributed by atoms with Gasteiger partial charge in [0.25, 0.3) is 0 Å². The number of thioether (sulfide) groups is 1. The maximum atomic E-state index is 12.0. The Hall–Kier alpha value is -2.25. The van der Waals surface area contributed by atoms with Crippen LogP contribution < -0.4 is 11.1 Å². The summed E-state index contributed by atoms with van der Waals surface area (Å²) in [6.07, 6.45) is 5.61. The first-order chi connectivity index (χ1) is 10.6. The quantitative estimate of drug-likeness (QED) is 0.820. The molecule has 0 aliphatic heterocycles. The number of hydrogen-bond donors (Lipinski definition) is 2. The highest BCUT2D eigenvalue weighted by molar-refractivity contribution is 8.00. The van der Waals surface area contributed by atoms with Crippen LogP contribution in [-0.4, -0.2) is 22.7 Å². The first-order valence-electron chi connectivity index (χ1n) is 7.17. The number of anilines is 1. The van der Waals surface area contributed by atoms with Crippen molar-refractivity contribution in [2.75, 3.05) is 11.5 Å². The lowest BCUT2D eigenvalue weighted by Gasteiger charge is -2.22. The largest absolute Gasteiger partial charge is 0.383 e. The number of nitrogens with zero attached hydrogens (tertiary/aromatic N) is 3. The Labute approximate surface area is 133 Å². The maximum Gasteiger partial charge on any atom is 0.230 e. The summed E-state index contributed by atoms with van der Waals surface area (Å²) in [7, 11) is 0. The van der Waals surface area contributed by atoms with Gasteiger partial charge in [0.1, 0.15) is 23.0 Å². The summed E-state index contributed by atoms with van der Waals surface area (Å²) in [5.74, 6) is 0.200. The second-order valence-electron chi connectivity index (χ2n) is 5.19. The van der Waals surface area contributed by atoms with E-state index in [0.717, 1.165) is 25.7 Å². The van der Waals surface area contributed by atoms with Crippen molar-refractivity contribution in [3.63, 3.8) is 0 Å². The molecule has 7 heteroatoms. The number of aromatic nitrogens is 1. The summed E-state index contributed by atoms with van der Waals surface area (Å²) in [6.45, 7) is 0. The van der Waals surface area contributed by atoms with E-state index < -0.39 is 0 Å². The zero-order valence-electron chi connectivity index (χ0n) is 12.1. The standard InChI is InChI=1S/C15H17N5OS/c16-7-10-6-11(8-17)15(20-14(10)18)22-9-13(21)19-12-4-2-1-3-5-12/h6,12H,1-5,9H2,(H2,18,20)(H,19,21). The highest BCUT2D eigenvalue weighted by Gasteiger charge is 2.17. The molecule has 1 aliphatic carbocycles. The monoisotopic (exact) mass is 315 g/mol. The topological polar surface area (TPSA) is 116 Å². The van der Waals surface area contributed by atoms with Crippen LogP contribution in [0.25, 0.3) is 0 Å². The smallest absolute Gasteiger partial charge is 0.230 e. The van der Waals surface area contributed by atoms with Crippen LogP contribution in [0.3, 0.4) is 0 Å². The van der Waals surface area contributed by atoms with E-state index in [2.05, 4.69) is 10.3 Å². The van der Waals surface area contributed by atoms with Gasteiger partial charge in [-0.25, -0.2) is 4.98 Å². The lowest BCUT2D eigenvalue weighted by Crippen LogP contribution is -2.37. The summed E-state index contributed by atoms with van der Waals surface area (Å²) >= 11 is 1.17. The van der Waals surface area contributed by atoms with E-state index in [4.69, 9.17) is 16.3 Å². The molecule has 1 saturated carbocycles. The summed E-state index contributed by atoms with van der Waals surface area (Å²) in [4.78, 5) is 16.0. The highest BCUT2D eigenvalue weighted by atomic mass is 32.2. The van der Waals surface area contributed by atoms with Crippen LogP contribution in [0.5, 0.6) is 0 Å². The molecule has 0 saturated heterocycles. The molecule has 22 heavy (non-hydrogen) atoms. The van der Waals surface area contributed by atoms with Gasteiger partial charge < -0.3 is 11.1 Å². The van der Waals surface area contributed by atoms with E-state index >= 15 is 0 Å². The summed E-state index contributed by atoms with van der Waals surface area (Å²) in [6, 6.07) is 5.54. The SMILES string of the molecule is N#Cc1cc(C#N)c(SCC(=O)NC2CCCCC2)nc1N. The summed E-state index contributed by atoms with van der Waals surface area (Å²) in [5.41, 5.74) is 6.09. The third-order valence-electron chi connectivity index (χ3n) is 3.57. The second-order valence-corrected chi connectivity index (χ2v) is 6.15. The molecule has 114 valence electrons. The van der Waals surface area contributed by atoms with Gasteiger partial charge in [-0.2, -0.15) is 10.5 Å². The number of carbonyl (C=O) groups excluding carboxylic acids is 1. The average molecular weight is 315 g/mol. The van der Waals surface area contributed by atoms with Crippen LogP contribution in [0, 0.1) is 22.7 Å². The van der Waals surface area contributed by atoms with Gasteiger partial charge in [0.15, 0.2) is 0 Å².